The highest BCUT2D eigenvalue weighted by Gasteiger charge is 2.20. The maximum absolute atomic E-state index is 10.2. The number of benzene rings is 2. The molecule has 24 heavy (non-hydrogen) atoms. The minimum Gasteiger partial charge on any atom is -0.491 e. The molecule has 1 aliphatic carbocycles. The molecule has 3 rings (SSSR count). The molecule has 0 heterocycles. The van der Waals surface area contributed by atoms with Gasteiger partial charge in [-0.15, -0.1) is 12.4 Å². The van der Waals surface area contributed by atoms with E-state index in [4.69, 9.17) is 4.74 Å². The molecule has 2 aromatic rings. The van der Waals surface area contributed by atoms with Gasteiger partial charge < -0.3 is 15.2 Å². The van der Waals surface area contributed by atoms with E-state index in [1.165, 1.54) is 17.5 Å². The molecule has 0 fully saturated rings. The Balaban J connectivity index is 0.00000208. The summed E-state index contributed by atoms with van der Waals surface area (Å²) < 4.78 is 5.72. The Bertz CT molecular complexity index is 647. The first kappa shape index (κ1) is 18.8. The molecule has 0 saturated heterocycles. The first-order chi connectivity index (χ1) is 11.2. The van der Waals surface area contributed by atoms with Gasteiger partial charge in [-0.3, -0.25) is 0 Å². The topological polar surface area (TPSA) is 41.5 Å². The van der Waals surface area contributed by atoms with Crippen molar-refractivity contribution in [3.8, 4) is 5.75 Å². The van der Waals surface area contributed by atoms with E-state index in [0.29, 0.717) is 19.2 Å². The normalized spacial score (nSPS) is 17.5. The minimum atomic E-state index is -0.510. The van der Waals surface area contributed by atoms with Crippen LogP contribution in [0.15, 0.2) is 48.5 Å². The number of aryl methyl sites for hydroxylation is 2. The van der Waals surface area contributed by atoms with Gasteiger partial charge in [-0.05, 0) is 48.9 Å². The summed E-state index contributed by atoms with van der Waals surface area (Å²) in [5.41, 5.74) is 3.90. The number of aliphatic hydroxyl groups excluding tert-OH is 1. The smallest absolute Gasteiger partial charge is 0.122 e. The second-order valence-electron chi connectivity index (χ2n) is 6.28. The van der Waals surface area contributed by atoms with Crippen molar-refractivity contribution in [1.82, 2.24) is 5.32 Å². The van der Waals surface area contributed by atoms with Crippen LogP contribution in [-0.4, -0.2) is 24.4 Å². The SMILES string of the molecule is Cc1ccccc1OCC(O)CNC1CCCc2ccccc21.Cl. The Kier molecular flexibility index (Phi) is 7.10. The predicted octanol–water partition coefficient (Wildman–Crippen LogP) is 3.82. The van der Waals surface area contributed by atoms with Crippen molar-refractivity contribution in [3.63, 3.8) is 0 Å². The van der Waals surface area contributed by atoms with Crippen molar-refractivity contribution >= 4 is 12.4 Å². The zero-order valence-electron chi connectivity index (χ0n) is 14.1. The number of hydrogen-bond donors (Lipinski definition) is 2. The van der Waals surface area contributed by atoms with Gasteiger partial charge >= 0.3 is 0 Å². The lowest BCUT2D eigenvalue weighted by Crippen LogP contribution is -2.35. The van der Waals surface area contributed by atoms with E-state index < -0.39 is 6.10 Å². The largest absolute Gasteiger partial charge is 0.491 e. The number of ether oxygens (including phenoxy) is 1. The highest BCUT2D eigenvalue weighted by atomic mass is 35.5. The molecule has 0 aliphatic heterocycles. The van der Waals surface area contributed by atoms with Gasteiger partial charge in [0.05, 0.1) is 0 Å². The van der Waals surface area contributed by atoms with E-state index in [0.717, 1.165) is 24.2 Å². The molecule has 2 aromatic carbocycles. The van der Waals surface area contributed by atoms with Gasteiger partial charge in [0.2, 0.25) is 0 Å². The average molecular weight is 348 g/mol. The number of nitrogens with one attached hydrogen (secondary N) is 1. The molecular weight excluding hydrogens is 322 g/mol. The Hall–Kier alpha value is -1.55. The van der Waals surface area contributed by atoms with Crippen LogP contribution in [0.1, 0.15) is 35.6 Å². The zero-order valence-corrected chi connectivity index (χ0v) is 14.9. The third kappa shape index (κ3) is 4.73. The maximum Gasteiger partial charge on any atom is 0.122 e. The number of aliphatic hydroxyl groups is 1. The number of fused-ring (bicyclic) bond motifs is 1. The molecule has 0 radical (unpaired) electrons. The first-order valence-corrected chi connectivity index (χ1v) is 8.41. The van der Waals surface area contributed by atoms with Gasteiger partial charge in [-0.1, -0.05) is 42.5 Å². The maximum atomic E-state index is 10.2. The van der Waals surface area contributed by atoms with E-state index in [1.807, 2.05) is 31.2 Å². The molecule has 2 N–H and O–H groups in total. The van der Waals surface area contributed by atoms with Crippen molar-refractivity contribution < 1.29 is 9.84 Å². The average Bonchev–Trinajstić information content (AvgIpc) is 2.59. The minimum absolute atomic E-state index is 0. The summed E-state index contributed by atoms with van der Waals surface area (Å²) in [6.45, 7) is 2.87. The summed E-state index contributed by atoms with van der Waals surface area (Å²) in [4.78, 5) is 0. The summed E-state index contributed by atoms with van der Waals surface area (Å²) in [5, 5.41) is 13.7. The van der Waals surface area contributed by atoms with Gasteiger partial charge in [0.1, 0.15) is 18.5 Å². The highest BCUT2D eigenvalue weighted by Crippen LogP contribution is 2.29. The lowest BCUT2D eigenvalue weighted by atomic mass is 9.88. The number of para-hydroxylation sites is 1. The number of rotatable bonds is 6. The Morgan fingerprint density at radius 3 is 2.75 bits per heavy atom. The summed E-state index contributed by atoms with van der Waals surface area (Å²) in [7, 11) is 0. The standard InChI is InChI=1S/C20H25NO2.ClH/c1-15-7-2-5-12-20(15)23-14-17(22)13-21-19-11-6-9-16-8-3-4-10-18(16)19;/h2-5,7-8,10,12,17,19,21-22H,6,9,11,13-14H2,1H3;1H. The van der Waals surface area contributed by atoms with Gasteiger partial charge in [0.25, 0.3) is 0 Å². The van der Waals surface area contributed by atoms with Crippen LogP contribution in [0.25, 0.3) is 0 Å². The molecule has 0 spiro atoms. The summed E-state index contributed by atoms with van der Waals surface area (Å²) in [6.07, 6.45) is 2.98. The van der Waals surface area contributed by atoms with Gasteiger partial charge in [0, 0.05) is 12.6 Å². The van der Waals surface area contributed by atoms with E-state index in [9.17, 15) is 5.11 Å². The third-order valence-corrected chi connectivity index (χ3v) is 4.49. The van der Waals surface area contributed by atoms with Gasteiger partial charge in [-0.2, -0.15) is 0 Å². The van der Waals surface area contributed by atoms with Crippen molar-refractivity contribution in [3.05, 3.63) is 65.2 Å². The van der Waals surface area contributed by atoms with Crippen LogP contribution >= 0.6 is 12.4 Å². The monoisotopic (exact) mass is 347 g/mol. The summed E-state index contributed by atoms with van der Waals surface area (Å²) >= 11 is 0. The van der Waals surface area contributed by atoms with Crippen LogP contribution in [0.4, 0.5) is 0 Å². The highest BCUT2D eigenvalue weighted by molar-refractivity contribution is 5.85. The quantitative estimate of drug-likeness (QED) is 0.834. The van der Waals surface area contributed by atoms with E-state index >= 15 is 0 Å². The van der Waals surface area contributed by atoms with Gasteiger partial charge in [0.15, 0.2) is 0 Å². The summed E-state index contributed by atoms with van der Waals surface area (Å²) in [6, 6.07) is 16.8. The molecule has 1 aliphatic rings. The van der Waals surface area contributed by atoms with Crippen LogP contribution in [0.5, 0.6) is 5.75 Å². The molecule has 0 aromatic heterocycles. The molecule has 0 saturated carbocycles. The predicted molar refractivity (Wildman–Crippen MR) is 100 cm³/mol. The zero-order chi connectivity index (χ0) is 16.1. The second-order valence-corrected chi connectivity index (χ2v) is 6.28. The third-order valence-electron chi connectivity index (χ3n) is 4.49. The molecule has 2 unspecified atom stereocenters. The number of halogens is 1. The fourth-order valence-electron chi connectivity index (χ4n) is 3.21. The second kappa shape index (κ2) is 9.07. The van der Waals surface area contributed by atoms with E-state index in [1.54, 1.807) is 0 Å². The van der Waals surface area contributed by atoms with Crippen LogP contribution in [0.3, 0.4) is 0 Å². The van der Waals surface area contributed by atoms with Crippen LogP contribution in [0, 0.1) is 6.92 Å². The molecule has 3 nitrogen and oxygen atoms in total. The van der Waals surface area contributed by atoms with Crippen LogP contribution < -0.4 is 10.1 Å². The van der Waals surface area contributed by atoms with Crippen molar-refractivity contribution in [1.29, 1.82) is 0 Å². The molecule has 130 valence electrons. The van der Waals surface area contributed by atoms with Crippen LogP contribution in [0.2, 0.25) is 0 Å². The lowest BCUT2D eigenvalue weighted by Gasteiger charge is -2.27. The molecule has 0 bridgehead atoms. The molecule has 2 atom stereocenters. The molecular formula is C20H26ClNO2. The van der Waals surface area contributed by atoms with Crippen molar-refractivity contribution in [2.75, 3.05) is 13.2 Å². The van der Waals surface area contributed by atoms with Crippen LogP contribution in [-0.2, 0) is 6.42 Å². The molecule has 0 amide bonds. The Morgan fingerprint density at radius 2 is 1.92 bits per heavy atom. The first-order valence-electron chi connectivity index (χ1n) is 8.41. The Labute approximate surface area is 150 Å². The Morgan fingerprint density at radius 1 is 1.17 bits per heavy atom. The number of hydrogen-bond acceptors (Lipinski definition) is 3. The van der Waals surface area contributed by atoms with E-state index in [2.05, 4.69) is 29.6 Å². The fourth-order valence-corrected chi connectivity index (χ4v) is 3.21. The van der Waals surface area contributed by atoms with Crippen molar-refractivity contribution in [2.24, 2.45) is 0 Å². The fraction of sp³-hybridized carbons (Fsp3) is 0.400. The lowest BCUT2D eigenvalue weighted by molar-refractivity contribution is 0.102. The van der Waals surface area contributed by atoms with Crippen molar-refractivity contribution in [2.45, 2.75) is 38.3 Å². The molecule has 4 heteroatoms. The van der Waals surface area contributed by atoms with Gasteiger partial charge in [-0.25, -0.2) is 0 Å². The van der Waals surface area contributed by atoms with E-state index in [-0.39, 0.29) is 12.4 Å². The summed E-state index contributed by atoms with van der Waals surface area (Å²) in [5.74, 6) is 0.842.